The van der Waals surface area contributed by atoms with Crippen LogP contribution >= 0.6 is 15.9 Å². The Labute approximate surface area is 117 Å². The lowest BCUT2D eigenvalue weighted by atomic mass is 10.2. The maximum Gasteiger partial charge on any atom is 0.336 e. The van der Waals surface area contributed by atoms with Crippen molar-refractivity contribution in [3.63, 3.8) is 0 Å². The van der Waals surface area contributed by atoms with E-state index in [1.807, 2.05) is 6.92 Å². The van der Waals surface area contributed by atoms with E-state index < -0.39 is 16.8 Å². The van der Waals surface area contributed by atoms with E-state index >= 15 is 0 Å². The Hall–Kier alpha value is -0.880. The molecule has 2 unspecified atom stereocenters. The minimum atomic E-state index is -0.955. The highest BCUT2D eigenvalue weighted by Gasteiger charge is 2.09. The average molecular weight is 334 g/mol. The number of anilines is 1. The highest BCUT2D eigenvalue weighted by Crippen LogP contribution is 2.21. The molecule has 1 aromatic rings. The summed E-state index contributed by atoms with van der Waals surface area (Å²) in [6.07, 6.45) is 2.50. The number of carboxylic acids is 1. The van der Waals surface area contributed by atoms with Crippen LogP contribution in [0.25, 0.3) is 0 Å². The Morgan fingerprint density at radius 1 is 1.56 bits per heavy atom. The smallest absolute Gasteiger partial charge is 0.336 e. The van der Waals surface area contributed by atoms with Crippen molar-refractivity contribution in [2.75, 3.05) is 18.1 Å². The normalized spacial score (nSPS) is 13.9. The van der Waals surface area contributed by atoms with Gasteiger partial charge in [-0.2, -0.15) is 0 Å². The number of hydrogen-bond acceptors (Lipinski definition) is 3. The van der Waals surface area contributed by atoms with E-state index in [4.69, 9.17) is 5.11 Å². The summed E-state index contributed by atoms with van der Waals surface area (Å²) in [4.78, 5) is 10.8. The van der Waals surface area contributed by atoms with Crippen LogP contribution in [0.3, 0.4) is 0 Å². The molecule has 18 heavy (non-hydrogen) atoms. The second kappa shape index (κ2) is 6.89. The third kappa shape index (κ3) is 4.42. The van der Waals surface area contributed by atoms with E-state index in [9.17, 15) is 9.00 Å². The molecule has 1 rings (SSSR count). The molecule has 4 nitrogen and oxygen atoms in total. The van der Waals surface area contributed by atoms with Crippen LogP contribution in [0, 0.1) is 0 Å². The Morgan fingerprint density at radius 3 is 2.72 bits per heavy atom. The molecule has 0 heterocycles. The molecular weight excluding hydrogens is 318 g/mol. The summed E-state index contributed by atoms with van der Waals surface area (Å²) in [6.45, 7) is 2.65. The molecular formula is C12H16BrNO3S. The summed E-state index contributed by atoms with van der Waals surface area (Å²) < 4.78 is 11.7. The molecule has 6 heteroatoms. The molecule has 0 bridgehead atoms. The first-order chi connectivity index (χ1) is 8.41. The zero-order chi connectivity index (χ0) is 13.7. The van der Waals surface area contributed by atoms with Gasteiger partial charge in [-0.05, 0) is 40.5 Å². The van der Waals surface area contributed by atoms with Crippen LogP contribution in [-0.2, 0) is 10.8 Å². The van der Waals surface area contributed by atoms with Crippen LogP contribution in [-0.4, -0.2) is 33.3 Å². The van der Waals surface area contributed by atoms with Crippen molar-refractivity contribution >= 4 is 38.4 Å². The molecule has 0 aliphatic rings. The molecule has 100 valence electrons. The number of halogens is 1. The Morgan fingerprint density at radius 2 is 2.22 bits per heavy atom. The molecule has 0 saturated heterocycles. The molecule has 0 aromatic heterocycles. The summed E-state index contributed by atoms with van der Waals surface area (Å²) >= 11 is 3.22. The van der Waals surface area contributed by atoms with Gasteiger partial charge in [0.05, 0.1) is 5.56 Å². The Kier molecular flexibility index (Phi) is 5.81. The Balaban J connectivity index is 2.56. The average Bonchev–Trinajstić information content (AvgIpc) is 2.28. The van der Waals surface area contributed by atoms with Crippen molar-refractivity contribution < 1.29 is 14.1 Å². The molecule has 0 spiro atoms. The van der Waals surface area contributed by atoms with E-state index in [-0.39, 0.29) is 10.8 Å². The van der Waals surface area contributed by atoms with Gasteiger partial charge < -0.3 is 10.4 Å². The fourth-order valence-electron chi connectivity index (χ4n) is 1.38. The van der Waals surface area contributed by atoms with E-state index in [0.29, 0.717) is 11.0 Å². The van der Waals surface area contributed by atoms with Crippen molar-refractivity contribution in [1.82, 2.24) is 0 Å². The third-order valence-corrected chi connectivity index (χ3v) is 4.67. The van der Waals surface area contributed by atoms with Crippen molar-refractivity contribution in [3.05, 3.63) is 28.2 Å². The van der Waals surface area contributed by atoms with Gasteiger partial charge in [0.25, 0.3) is 0 Å². The number of aromatic carboxylic acids is 1. The van der Waals surface area contributed by atoms with Gasteiger partial charge in [-0.15, -0.1) is 0 Å². The highest BCUT2D eigenvalue weighted by atomic mass is 79.9. The monoisotopic (exact) mass is 333 g/mol. The fourth-order valence-corrected chi connectivity index (χ4v) is 2.38. The number of benzene rings is 1. The SMILES string of the molecule is CC(CCNc1ccc(C(=O)O)c(Br)c1)S(C)=O. The van der Waals surface area contributed by atoms with Crippen LogP contribution in [0.1, 0.15) is 23.7 Å². The van der Waals surface area contributed by atoms with Gasteiger partial charge >= 0.3 is 5.97 Å². The zero-order valence-electron chi connectivity index (χ0n) is 10.3. The van der Waals surface area contributed by atoms with Gasteiger partial charge in [-0.1, -0.05) is 6.92 Å². The molecule has 0 amide bonds. The van der Waals surface area contributed by atoms with Gasteiger partial charge in [0.1, 0.15) is 0 Å². The zero-order valence-corrected chi connectivity index (χ0v) is 12.7. The second-order valence-electron chi connectivity index (χ2n) is 4.02. The fraction of sp³-hybridized carbons (Fsp3) is 0.417. The minimum Gasteiger partial charge on any atom is -0.478 e. The predicted octanol–water partition coefficient (Wildman–Crippen LogP) is 2.72. The lowest BCUT2D eigenvalue weighted by Crippen LogP contribution is -2.14. The quantitative estimate of drug-likeness (QED) is 0.839. The predicted molar refractivity (Wildman–Crippen MR) is 77.7 cm³/mol. The molecule has 0 fully saturated rings. The minimum absolute atomic E-state index is 0.152. The van der Waals surface area contributed by atoms with E-state index in [2.05, 4.69) is 21.2 Å². The molecule has 0 aliphatic heterocycles. The van der Waals surface area contributed by atoms with E-state index in [1.165, 1.54) is 0 Å². The van der Waals surface area contributed by atoms with Crippen molar-refractivity contribution in [3.8, 4) is 0 Å². The molecule has 0 aliphatic carbocycles. The molecule has 0 radical (unpaired) electrons. The summed E-state index contributed by atoms with van der Waals surface area (Å²) in [7, 11) is -0.809. The number of carboxylic acid groups (broad SMARTS) is 1. The highest BCUT2D eigenvalue weighted by molar-refractivity contribution is 9.10. The second-order valence-corrected chi connectivity index (χ2v) is 6.68. The third-order valence-electron chi connectivity index (χ3n) is 2.65. The maximum atomic E-state index is 11.2. The van der Waals surface area contributed by atoms with E-state index in [1.54, 1.807) is 24.5 Å². The number of nitrogens with one attached hydrogen (secondary N) is 1. The van der Waals surface area contributed by atoms with Crippen LogP contribution < -0.4 is 5.32 Å². The topological polar surface area (TPSA) is 66.4 Å². The van der Waals surface area contributed by atoms with Gasteiger partial charge in [-0.25, -0.2) is 4.79 Å². The van der Waals surface area contributed by atoms with Gasteiger partial charge in [0.15, 0.2) is 0 Å². The number of rotatable bonds is 6. The number of carbonyl (C=O) groups is 1. The van der Waals surface area contributed by atoms with Gasteiger partial charge in [0, 0.05) is 39.0 Å². The first kappa shape index (κ1) is 15.2. The van der Waals surface area contributed by atoms with Gasteiger partial charge in [0.2, 0.25) is 0 Å². The van der Waals surface area contributed by atoms with Crippen LogP contribution in [0.15, 0.2) is 22.7 Å². The first-order valence-electron chi connectivity index (χ1n) is 5.50. The van der Waals surface area contributed by atoms with Crippen LogP contribution in [0.2, 0.25) is 0 Å². The number of hydrogen-bond donors (Lipinski definition) is 2. The van der Waals surface area contributed by atoms with E-state index in [0.717, 1.165) is 12.1 Å². The van der Waals surface area contributed by atoms with Crippen LogP contribution in [0.4, 0.5) is 5.69 Å². The van der Waals surface area contributed by atoms with Gasteiger partial charge in [-0.3, -0.25) is 4.21 Å². The molecule has 2 atom stereocenters. The summed E-state index contributed by atoms with van der Waals surface area (Å²) in [6, 6.07) is 5.01. The lowest BCUT2D eigenvalue weighted by molar-refractivity contribution is 0.0696. The van der Waals surface area contributed by atoms with Crippen molar-refractivity contribution in [2.45, 2.75) is 18.6 Å². The maximum absolute atomic E-state index is 11.2. The largest absolute Gasteiger partial charge is 0.478 e. The molecule has 1 aromatic carbocycles. The lowest BCUT2D eigenvalue weighted by Gasteiger charge is -2.11. The van der Waals surface area contributed by atoms with Crippen LogP contribution in [0.5, 0.6) is 0 Å². The van der Waals surface area contributed by atoms with Crippen molar-refractivity contribution in [2.24, 2.45) is 0 Å². The molecule has 2 N–H and O–H groups in total. The standard InChI is InChI=1S/C12H16BrNO3S/c1-8(18(2)17)5-6-14-9-3-4-10(12(15)16)11(13)7-9/h3-4,7-8,14H,5-6H2,1-2H3,(H,15,16). The summed E-state index contributed by atoms with van der Waals surface area (Å²) in [5, 5.41) is 12.2. The van der Waals surface area contributed by atoms with Crippen molar-refractivity contribution in [1.29, 1.82) is 0 Å². The first-order valence-corrected chi connectivity index (χ1v) is 7.92. The molecule has 0 saturated carbocycles. The summed E-state index contributed by atoms with van der Waals surface area (Å²) in [5.74, 6) is -0.955. The Bertz CT molecular complexity index is 465. The summed E-state index contributed by atoms with van der Waals surface area (Å²) in [5.41, 5.74) is 1.09.